The molecule has 2 aromatic heterocycles. The Morgan fingerprint density at radius 2 is 2.07 bits per heavy atom. The maximum Gasteiger partial charge on any atom is 0.191 e. The van der Waals surface area contributed by atoms with Crippen LogP contribution < -0.4 is 10.6 Å². The molecule has 28 heavy (non-hydrogen) atoms. The molecule has 2 N–H and O–H groups in total. The highest BCUT2D eigenvalue weighted by molar-refractivity contribution is 14.0. The van der Waals surface area contributed by atoms with Gasteiger partial charge in [0.1, 0.15) is 24.5 Å². The third-order valence-electron chi connectivity index (χ3n) is 4.47. The molecule has 9 nitrogen and oxygen atoms in total. The van der Waals surface area contributed by atoms with Crippen molar-refractivity contribution >= 4 is 29.9 Å². The molecule has 1 aliphatic rings. The van der Waals surface area contributed by atoms with Crippen molar-refractivity contribution in [2.24, 2.45) is 12.0 Å². The van der Waals surface area contributed by atoms with Crippen LogP contribution in [0.25, 0.3) is 0 Å². The monoisotopic (exact) mass is 503 g/mol. The summed E-state index contributed by atoms with van der Waals surface area (Å²) in [6.07, 6.45) is 5.11. The van der Waals surface area contributed by atoms with Gasteiger partial charge in [-0.05, 0) is 25.1 Å². The standard InChI is InChI=1S/C18H29N7O2.HI/c1-24-17(22-15-23-24)14-21-18(20-7-5-16-4-2-11-27-16)19-6-3-8-25-9-12-26-13-10-25;/h2,4,11,15H,3,5-10,12-14H2,1H3,(H2,19,20,21);1H. The van der Waals surface area contributed by atoms with E-state index >= 15 is 0 Å². The van der Waals surface area contributed by atoms with Gasteiger partial charge >= 0.3 is 0 Å². The van der Waals surface area contributed by atoms with Crippen LogP contribution in [-0.4, -0.2) is 71.6 Å². The Hall–Kier alpha value is -1.66. The SMILES string of the molecule is Cn1ncnc1CN=C(NCCCN1CCOCC1)NCCc1ccco1.I. The van der Waals surface area contributed by atoms with E-state index in [1.54, 1.807) is 17.3 Å². The van der Waals surface area contributed by atoms with Gasteiger partial charge in [0.15, 0.2) is 5.96 Å². The Morgan fingerprint density at radius 1 is 1.25 bits per heavy atom. The van der Waals surface area contributed by atoms with Gasteiger partial charge in [-0.15, -0.1) is 24.0 Å². The minimum Gasteiger partial charge on any atom is -0.469 e. The van der Waals surface area contributed by atoms with Crippen LogP contribution in [0.15, 0.2) is 34.1 Å². The van der Waals surface area contributed by atoms with Gasteiger partial charge in [-0.2, -0.15) is 5.10 Å². The second kappa shape index (κ2) is 12.7. The Bertz CT molecular complexity index is 684. The van der Waals surface area contributed by atoms with Gasteiger partial charge in [-0.25, -0.2) is 9.98 Å². The number of furan rings is 1. The number of aliphatic imine (C=N–C) groups is 1. The van der Waals surface area contributed by atoms with Crippen molar-refractivity contribution < 1.29 is 9.15 Å². The smallest absolute Gasteiger partial charge is 0.191 e. The van der Waals surface area contributed by atoms with E-state index in [4.69, 9.17) is 9.15 Å². The zero-order chi connectivity index (χ0) is 18.7. The summed E-state index contributed by atoms with van der Waals surface area (Å²) in [6, 6.07) is 3.89. The molecule has 0 atom stereocenters. The number of hydrogen-bond donors (Lipinski definition) is 2. The van der Waals surface area contributed by atoms with Crippen LogP contribution in [0.2, 0.25) is 0 Å². The summed E-state index contributed by atoms with van der Waals surface area (Å²) >= 11 is 0. The molecule has 0 amide bonds. The van der Waals surface area contributed by atoms with Gasteiger partial charge in [0, 0.05) is 39.6 Å². The first-order valence-corrected chi connectivity index (χ1v) is 9.49. The summed E-state index contributed by atoms with van der Waals surface area (Å²) in [6.45, 7) is 6.89. The van der Waals surface area contributed by atoms with Crippen molar-refractivity contribution in [2.75, 3.05) is 45.9 Å². The summed E-state index contributed by atoms with van der Waals surface area (Å²) in [5.41, 5.74) is 0. The van der Waals surface area contributed by atoms with Crippen molar-refractivity contribution in [1.29, 1.82) is 0 Å². The second-order valence-corrected chi connectivity index (χ2v) is 6.46. The molecule has 0 saturated carbocycles. The Balaban J connectivity index is 0.00000280. The largest absolute Gasteiger partial charge is 0.469 e. The van der Waals surface area contributed by atoms with E-state index in [0.717, 1.165) is 76.3 Å². The summed E-state index contributed by atoms with van der Waals surface area (Å²) in [5.74, 6) is 2.57. The maximum atomic E-state index is 5.39. The molecule has 3 rings (SSSR count). The van der Waals surface area contributed by atoms with Crippen molar-refractivity contribution in [3.05, 3.63) is 36.3 Å². The Labute approximate surface area is 182 Å². The first kappa shape index (κ1) is 22.6. The van der Waals surface area contributed by atoms with Crippen LogP contribution in [0.4, 0.5) is 0 Å². The summed E-state index contributed by atoms with van der Waals surface area (Å²) in [4.78, 5) is 11.3. The van der Waals surface area contributed by atoms with E-state index in [1.807, 2.05) is 19.2 Å². The maximum absolute atomic E-state index is 5.39. The Morgan fingerprint density at radius 3 is 2.79 bits per heavy atom. The van der Waals surface area contributed by atoms with E-state index in [9.17, 15) is 0 Å². The summed E-state index contributed by atoms with van der Waals surface area (Å²) in [7, 11) is 1.87. The van der Waals surface area contributed by atoms with Crippen molar-refractivity contribution in [3.8, 4) is 0 Å². The van der Waals surface area contributed by atoms with Gasteiger partial charge in [0.2, 0.25) is 0 Å². The molecule has 0 aromatic carbocycles. The molecule has 1 fully saturated rings. The van der Waals surface area contributed by atoms with Crippen LogP contribution in [0.1, 0.15) is 18.0 Å². The molecule has 1 saturated heterocycles. The number of nitrogens with one attached hydrogen (secondary N) is 2. The zero-order valence-electron chi connectivity index (χ0n) is 16.3. The fraction of sp³-hybridized carbons (Fsp3) is 0.611. The number of guanidine groups is 1. The van der Waals surface area contributed by atoms with Crippen LogP contribution in [0.3, 0.4) is 0 Å². The summed E-state index contributed by atoms with van der Waals surface area (Å²) in [5, 5.41) is 10.9. The van der Waals surface area contributed by atoms with Crippen molar-refractivity contribution in [2.45, 2.75) is 19.4 Å². The average Bonchev–Trinajstić information content (AvgIpc) is 3.35. The van der Waals surface area contributed by atoms with Crippen LogP contribution in [0, 0.1) is 0 Å². The molecular weight excluding hydrogens is 473 g/mol. The fourth-order valence-corrected chi connectivity index (χ4v) is 2.88. The molecule has 1 aliphatic heterocycles. The third-order valence-corrected chi connectivity index (χ3v) is 4.47. The molecule has 2 aromatic rings. The number of nitrogens with zero attached hydrogens (tertiary/aromatic N) is 5. The van der Waals surface area contributed by atoms with Crippen LogP contribution in [-0.2, 0) is 24.8 Å². The van der Waals surface area contributed by atoms with E-state index < -0.39 is 0 Å². The highest BCUT2D eigenvalue weighted by Crippen LogP contribution is 2.00. The van der Waals surface area contributed by atoms with Crippen LogP contribution >= 0.6 is 24.0 Å². The minimum absolute atomic E-state index is 0. The number of hydrogen-bond acceptors (Lipinski definition) is 6. The molecule has 3 heterocycles. The molecule has 0 bridgehead atoms. The van der Waals surface area contributed by atoms with Crippen molar-refractivity contribution in [1.82, 2.24) is 30.3 Å². The van der Waals surface area contributed by atoms with Gasteiger partial charge in [-0.1, -0.05) is 0 Å². The van der Waals surface area contributed by atoms with Gasteiger partial charge in [0.05, 0.1) is 19.5 Å². The number of morpholine rings is 1. The first-order valence-electron chi connectivity index (χ1n) is 9.49. The minimum atomic E-state index is 0. The third kappa shape index (κ3) is 7.76. The highest BCUT2D eigenvalue weighted by atomic mass is 127. The van der Waals surface area contributed by atoms with Gasteiger partial charge < -0.3 is 19.8 Å². The lowest BCUT2D eigenvalue weighted by molar-refractivity contribution is 0.0376. The highest BCUT2D eigenvalue weighted by Gasteiger charge is 2.09. The van der Waals surface area contributed by atoms with E-state index in [2.05, 4.69) is 30.6 Å². The molecule has 0 spiro atoms. The number of aryl methyl sites for hydroxylation is 1. The van der Waals surface area contributed by atoms with E-state index in [1.165, 1.54) is 0 Å². The number of halogens is 1. The predicted octanol–water partition coefficient (Wildman–Crippen LogP) is 1.03. The lowest BCUT2D eigenvalue weighted by atomic mass is 10.3. The zero-order valence-corrected chi connectivity index (χ0v) is 18.7. The fourth-order valence-electron chi connectivity index (χ4n) is 2.88. The first-order chi connectivity index (χ1) is 13.3. The quantitative estimate of drug-likeness (QED) is 0.229. The molecule has 10 heteroatoms. The topological polar surface area (TPSA) is 92.7 Å². The second-order valence-electron chi connectivity index (χ2n) is 6.46. The van der Waals surface area contributed by atoms with Crippen LogP contribution in [0.5, 0.6) is 0 Å². The number of ether oxygens (including phenoxy) is 1. The van der Waals surface area contributed by atoms with Gasteiger partial charge in [0.25, 0.3) is 0 Å². The lowest BCUT2D eigenvalue weighted by Crippen LogP contribution is -2.41. The predicted molar refractivity (Wildman–Crippen MR) is 118 cm³/mol. The lowest BCUT2D eigenvalue weighted by Gasteiger charge is -2.26. The molecule has 0 unspecified atom stereocenters. The van der Waals surface area contributed by atoms with Gasteiger partial charge in [-0.3, -0.25) is 9.58 Å². The normalized spacial score (nSPS) is 15.2. The average molecular weight is 503 g/mol. The number of aromatic nitrogens is 3. The number of rotatable bonds is 9. The van der Waals surface area contributed by atoms with E-state index in [-0.39, 0.29) is 24.0 Å². The van der Waals surface area contributed by atoms with Crippen molar-refractivity contribution in [3.63, 3.8) is 0 Å². The Kier molecular flexibility index (Phi) is 10.3. The molecule has 0 radical (unpaired) electrons. The van der Waals surface area contributed by atoms with E-state index in [0.29, 0.717) is 6.54 Å². The molecule has 156 valence electrons. The molecule has 0 aliphatic carbocycles. The molecular formula is C18H30IN7O2. The summed E-state index contributed by atoms with van der Waals surface area (Å²) < 4.78 is 12.5.